The van der Waals surface area contributed by atoms with Crippen LogP contribution in [-0.2, 0) is 11.3 Å². The maximum absolute atomic E-state index is 11.7. The minimum absolute atomic E-state index is 0.0656. The molecule has 0 aliphatic carbocycles. The Morgan fingerprint density at radius 2 is 2.10 bits per heavy atom. The normalized spacial score (nSPS) is 10.4. The quantitative estimate of drug-likeness (QED) is 0.478. The first-order valence-corrected chi connectivity index (χ1v) is 8.22. The van der Waals surface area contributed by atoms with E-state index in [2.05, 4.69) is 6.92 Å². The van der Waals surface area contributed by atoms with Crippen molar-refractivity contribution < 1.29 is 9.53 Å². The van der Waals surface area contributed by atoms with E-state index in [0.717, 1.165) is 24.3 Å². The number of alkyl halides is 1. The first-order valence-electron chi connectivity index (χ1n) is 7.69. The van der Waals surface area contributed by atoms with Gasteiger partial charge in [-0.25, -0.2) is 0 Å². The number of benzene rings is 1. The molecule has 0 aliphatic heterocycles. The van der Waals surface area contributed by atoms with Gasteiger partial charge in [0.05, 0.1) is 6.61 Å². The largest absolute Gasteiger partial charge is 0.494 e. The molecule has 21 heavy (non-hydrogen) atoms. The maximum Gasteiger partial charge on any atom is 0.223 e. The second kappa shape index (κ2) is 10.5. The summed E-state index contributed by atoms with van der Waals surface area (Å²) in [6.07, 6.45) is 5.18. The van der Waals surface area contributed by atoms with Crippen molar-refractivity contribution in [3.8, 4) is 5.75 Å². The van der Waals surface area contributed by atoms with Gasteiger partial charge in [-0.2, -0.15) is 0 Å². The molecule has 0 N–H and O–H groups in total. The summed E-state index contributed by atoms with van der Waals surface area (Å²) in [5.41, 5.74) is 1.08. The number of nitrogens with zero attached hydrogens (tertiary/aromatic N) is 1. The van der Waals surface area contributed by atoms with Crippen LogP contribution in [0.4, 0.5) is 0 Å². The summed E-state index contributed by atoms with van der Waals surface area (Å²) in [5, 5.41) is 0. The first kappa shape index (κ1) is 17.8. The summed E-state index contributed by atoms with van der Waals surface area (Å²) in [4.78, 5) is 13.4. The molecule has 1 aromatic rings. The number of rotatable bonds is 10. The predicted molar refractivity (Wildman–Crippen MR) is 87.9 cm³/mol. The minimum atomic E-state index is 0.0656. The fourth-order valence-corrected chi connectivity index (χ4v) is 2.25. The van der Waals surface area contributed by atoms with Crippen LogP contribution in [0.1, 0.15) is 44.6 Å². The first-order chi connectivity index (χ1) is 10.2. The maximum atomic E-state index is 11.7. The molecule has 0 saturated carbocycles. The van der Waals surface area contributed by atoms with Gasteiger partial charge in [0.1, 0.15) is 5.75 Å². The summed E-state index contributed by atoms with van der Waals surface area (Å²) in [7, 11) is 1.80. The van der Waals surface area contributed by atoms with Gasteiger partial charge in [0.2, 0.25) is 5.91 Å². The molecule has 0 spiro atoms. The molecule has 0 saturated heterocycles. The second-order valence-corrected chi connectivity index (χ2v) is 5.62. The van der Waals surface area contributed by atoms with Gasteiger partial charge in [0.25, 0.3) is 0 Å². The summed E-state index contributed by atoms with van der Waals surface area (Å²) in [6, 6.07) is 7.94. The van der Waals surface area contributed by atoms with Crippen molar-refractivity contribution in [2.75, 3.05) is 19.5 Å². The zero-order valence-corrected chi connectivity index (χ0v) is 13.9. The molecule has 1 rings (SSSR count). The van der Waals surface area contributed by atoms with E-state index in [4.69, 9.17) is 16.3 Å². The molecule has 0 unspecified atom stereocenters. The fourth-order valence-electron chi connectivity index (χ4n) is 2.09. The van der Waals surface area contributed by atoms with Gasteiger partial charge in [-0.1, -0.05) is 38.3 Å². The zero-order valence-electron chi connectivity index (χ0n) is 13.1. The number of carbonyl (C=O) groups is 1. The molecule has 1 aromatic carbocycles. The molecule has 0 heterocycles. The Balaban J connectivity index is 2.42. The highest BCUT2D eigenvalue weighted by Gasteiger charge is 2.08. The number of hydrogen-bond donors (Lipinski definition) is 0. The second-order valence-electron chi connectivity index (χ2n) is 5.25. The summed E-state index contributed by atoms with van der Waals surface area (Å²) in [5.74, 6) is 1.31. The van der Waals surface area contributed by atoms with Crippen molar-refractivity contribution in [1.82, 2.24) is 4.90 Å². The average Bonchev–Trinajstić information content (AvgIpc) is 2.47. The third kappa shape index (κ3) is 7.37. The van der Waals surface area contributed by atoms with Gasteiger partial charge >= 0.3 is 0 Å². The van der Waals surface area contributed by atoms with E-state index < -0.39 is 0 Å². The van der Waals surface area contributed by atoms with Gasteiger partial charge in [-0.15, -0.1) is 11.6 Å². The van der Waals surface area contributed by atoms with E-state index in [1.54, 1.807) is 11.9 Å². The molecule has 0 aliphatic rings. The lowest BCUT2D eigenvalue weighted by atomic mass is 10.2. The van der Waals surface area contributed by atoms with Crippen molar-refractivity contribution in [2.45, 2.75) is 45.6 Å². The highest BCUT2D eigenvalue weighted by molar-refractivity contribution is 6.18. The SMILES string of the molecule is CCCCCCOc1cccc(CN(C)C(=O)CCCl)c1. The van der Waals surface area contributed by atoms with Crippen LogP contribution in [0.3, 0.4) is 0 Å². The lowest BCUT2D eigenvalue weighted by molar-refractivity contribution is -0.129. The smallest absolute Gasteiger partial charge is 0.223 e. The molecular formula is C17H26ClNO2. The number of carbonyl (C=O) groups excluding carboxylic acids is 1. The zero-order chi connectivity index (χ0) is 15.5. The van der Waals surface area contributed by atoms with Gasteiger partial charge in [0, 0.05) is 25.9 Å². The van der Waals surface area contributed by atoms with Gasteiger partial charge < -0.3 is 9.64 Å². The van der Waals surface area contributed by atoms with Gasteiger partial charge in [-0.05, 0) is 24.1 Å². The Hall–Kier alpha value is -1.22. The van der Waals surface area contributed by atoms with Crippen LogP contribution < -0.4 is 4.74 Å². The Morgan fingerprint density at radius 3 is 2.81 bits per heavy atom. The number of halogens is 1. The van der Waals surface area contributed by atoms with Crippen LogP contribution in [0.25, 0.3) is 0 Å². The van der Waals surface area contributed by atoms with Crippen LogP contribution in [-0.4, -0.2) is 30.3 Å². The Kier molecular flexibility index (Phi) is 8.91. The Morgan fingerprint density at radius 1 is 1.29 bits per heavy atom. The van der Waals surface area contributed by atoms with Crippen LogP contribution in [0, 0.1) is 0 Å². The van der Waals surface area contributed by atoms with E-state index >= 15 is 0 Å². The number of amides is 1. The molecule has 0 radical (unpaired) electrons. The molecule has 1 amide bonds. The summed E-state index contributed by atoms with van der Waals surface area (Å²) < 4.78 is 5.76. The Labute approximate surface area is 133 Å². The van der Waals surface area contributed by atoms with Crippen molar-refractivity contribution in [1.29, 1.82) is 0 Å². The van der Waals surface area contributed by atoms with E-state index in [-0.39, 0.29) is 5.91 Å². The van der Waals surface area contributed by atoms with Crippen molar-refractivity contribution in [3.05, 3.63) is 29.8 Å². The Bertz CT molecular complexity index is 423. The van der Waals surface area contributed by atoms with Crippen molar-refractivity contribution in [2.24, 2.45) is 0 Å². The van der Waals surface area contributed by atoms with Gasteiger partial charge in [0.15, 0.2) is 0 Å². The van der Waals surface area contributed by atoms with E-state index in [1.165, 1.54) is 19.3 Å². The third-order valence-electron chi connectivity index (χ3n) is 3.32. The van der Waals surface area contributed by atoms with E-state index in [0.29, 0.717) is 18.8 Å². The molecule has 0 bridgehead atoms. The number of unbranched alkanes of at least 4 members (excludes halogenated alkanes) is 3. The minimum Gasteiger partial charge on any atom is -0.494 e. The van der Waals surface area contributed by atoms with Crippen LogP contribution in [0.2, 0.25) is 0 Å². The monoisotopic (exact) mass is 311 g/mol. The van der Waals surface area contributed by atoms with E-state index in [1.807, 2.05) is 24.3 Å². The van der Waals surface area contributed by atoms with Crippen LogP contribution in [0.15, 0.2) is 24.3 Å². The topological polar surface area (TPSA) is 29.5 Å². The summed E-state index contributed by atoms with van der Waals surface area (Å²) in [6.45, 7) is 3.54. The molecule has 118 valence electrons. The van der Waals surface area contributed by atoms with Crippen molar-refractivity contribution >= 4 is 17.5 Å². The molecule has 0 aromatic heterocycles. The lowest BCUT2D eigenvalue weighted by Crippen LogP contribution is -2.26. The molecular weight excluding hydrogens is 286 g/mol. The third-order valence-corrected chi connectivity index (χ3v) is 3.51. The predicted octanol–water partition coefficient (Wildman–Crippen LogP) is 4.23. The summed E-state index contributed by atoms with van der Waals surface area (Å²) >= 11 is 5.59. The average molecular weight is 312 g/mol. The standard InChI is InChI=1S/C17H26ClNO2/c1-3-4-5-6-12-21-16-9-7-8-15(13-16)14-19(2)17(20)10-11-18/h7-9,13H,3-6,10-12,14H2,1-2H3. The molecule has 0 atom stereocenters. The lowest BCUT2D eigenvalue weighted by Gasteiger charge is -2.17. The highest BCUT2D eigenvalue weighted by atomic mass is 35.5. The molecule has 0 fully saturated rings. The highest BCUT2D eigenvalue weighted by Crippen LogP contribution is 2.15. The van der Waals surface area contributed by atoms with Crippen molar-refractivity contribution in [3.63, 3.8) is 0 Å². The molecule has 4 heteroatoms. The van der Waals surface area contributed by atoms with Crippen LogP contribution >= 0.6 is 11.6 Å². The molecule has 3 nitrogen and oxygen atoms in total. The number of ether oxygens (including phenoxy) is 1. The van der Waals surface area contributed by atoms with Crippen LogP contribution in [0.5, 0.6) is 5.75 Å². The number of hydrogen-bond acceptors (Lipinski definition) is 2. The van der Waals surface area contributed by atoms with Gasteiger partial charge in [-0.3, -0.25) is 4.79 Å². The van der Waals surface area contributed by atoms with E-state index in [9.17, 15) is 4.79 Å². The fraction of sp³-hybridized carbons (Fsp3) is 0.588.